The Morgan fingerprint density at radius 1 is 1.21 bits per heavy atom. The quantitative estimate of drug-likeness (QED) is 0.487. The van der Waals surface area contributed by atoms with Gasteiger partial charge in [-0.05, 0) is 70.2 Å². The van der Waals surface area contributed by atoms with Crippen molar-refractivity contribution in [3.05, 3.63) is 47.1 Å². The molecule has 2 fully saturated rings. The van der Waals surface area contributed by atoms with Crippen molar-refractivity contribution in [3.8, 4) is 5.69 Å². The molecule has 0 radical (unpaired) electrons. The summed E-state index contributed by atoms with van der Waals surface area (Å²) in [5, 5.41) is 1.09. The zero-order valence-electron chi connectivity index (χ0n) is 19.9. The predicted molar refractivity (Wildman–Crippen MR) is 130 cm³/mol. The minimum Gasteiger partial charge on any atom is -0.444 e. The molecular weight excluding hydrogens is 457 g/mol. The van der Waals surface area contributed by atoms with Crippen molar-refractivity contribution in [3.63, 3.8) is 0 Å². The number of hydrogen-bond acceptors (Lipinski definition) is 5. The van der Waals surface area contributed by atoms with E-state index < -0.39 is 11.4 Å². The highest BCUT2D eigenvalue weighted by atomic mass is 35.5. The highest BCUT2D eigenvalue weighted by molar-refractivity contribution is 6.30. The summed E-state index contributed by atoms with van der Waals surface area (Å²) in [5.41, 5.74) is 2.21. The first-order chi connectivity index (χ1) is 16.1. The van der Waals surface area contributed by atoms with Crippen LogP contribution in [-0.4, -0.2) is 56.8 Å². The first kappa shape index (κ1) is 22.9. The van der Waals surface area contributed by atoms with Gasteiger partial charge in [0, 0.05) is 37.6 Å². The Morgan fingerprint density at radius 2 is 1.97 bits per heavy atom. The van der Waals surface area contributed by atoms with Gasteiger partial charge in [-0.2, -0.15) is 0 Å². The van der Waals surface area contributed by atoms with Gasteiger partial charge in [-0.25, -0.2) is 19.2 Å². The Balaban J connectivity index is 1.50. The van der Waals surface area contributed by atoms with E-state index in [1.54, 1.807) is 23.4 Å². The van der Waals surface area contributed by atoms with E-state index in [4.69, 9.17) is 16.3 Å². The minimum absolute atomic E-state index is 0.0315. The number of fused-ring (bicyclic) bond motifs is 1. The highest BCUT2D eigenvalue weighted by Crippen LogP contribution is 2.46. The van der Waals surface area contributed by atoms with Crippen LogP contribution in [0.4, 0.5) is 15.0 Å². The van der Waals surface area contributed by atoms with Gasteiger partial charge in [0.05, 0.1) is 10.4 Å². The number of ether oxygens (including phenoxy) is 1. The van der Waals surface area contributed by atoms with Crippen molar-refractivity contribution >= 4 is 34.5 Å². The lowest BCUT2D eigenvalue weighted by Gasteiger charge is -2.40. The second-order valence-electron chi connectivity index (χ2n) is 10.2. The number of halogens is 2. The maximum absolute atomic E-state index is 13.8. The van der Waals surface area contributed by atoms with Crippen molar-refractivity contribution in [1.82, 2.24) is 19.4 Å². The van der Waals surface area contributed by atoms with Crippen molar-refractivity contribution < 1.29 is 13.9 Å². The first-order valence-corrected chi connectivity index (χ1v) is 12.1. The molecule has 7 nitrogen and oxygen atoms in total. The molecule has 5 rings (SSSR count). The number of anilines is 1. The summed E-state index contributed by atoms with van der Waals surface area (Å²) < 4.78 is 21.3. The van der Waals surface area contributed by atoms with Crippen molar-refractivity contribution in [1.29, 1.82) is 0 Å². The number of nitrogens with zero attached hydrogens (tertiary/aromatic N) is 5. The predicted octanol–water partition coefficient (Wildman–Crippen LogP) is 5.54. The SMILES string of the molecule is C[C@@H]1CN(c2ncnc3c2c(C2CC2)cn3-c2ccc(F)c(Cl)c2)CCN1C(=O)OC(C)(C)C. The molecule has 9 heteroatoms. The summed E-state index contributed by atoms with van der Waals surface area (Å²) in [4.78, 5) is 26.0. The molecule has 1 aromatic carbocycles. The van der Waals surface area contributed by atoms with Gasteiger partial charge in [-0.1, -0.05) is 11.6 Å². The Hall–Kier alpha value is -2.87. The molecule has 3 aromatic rings. The molecule has 0 spiro atoms. The van der Waals surface area contributed by atoms with Crippen LogP contribution >= 0.6 is 11.6 Å². The van der Waals surface area contributed by atoms with Crippen LogP contribution in [0.3, 0.4) is 0 Å². The van der Waals surface area contributed by atoms with Gasteiger partial charge in [0.1, 0.15) is 29.2 Å². The largest absolute Gasteiger partial charge is 0.444 e. The molecule has 1 aliphatic carbocycles. The van der Waals surface area contributed by atoms with Crippen LogP contribution < -0.4 is 4.90 Å². The van der Waals surface area contributed by atoms with E-state index in [0.29, 0.717) is 25.6 Å². The second-order valence-corrected chi connectivity index (χ2v) is 10.6. The summed E-state index contributed by atoms with van der Waals surface area (Å²) in [6, 6.07) is 4.67. The number of piperazine rings is 1. The Kier molecular flexibility index (Phi) is 5.67. The molecule has 34 heavy (non-hydrogen) atoms. The van der Waals surface area contributed by atoms with E-state index in [1.165, 1.54) is 11.6 Å². The average Bonchev–Trinajstić information content (AvgIpc) is 3.54. The number of carbonyl (C=O) groups excluding carboxylic acids is 1. The van der Waals surface area contributed by atoms with E-state index in [-0.39, 0.29) is 17.2 Å². The molecular formula is C25H29ClFN5O2. The summed E-state index contributed by atoms with van der Waals surface area (Å²) in [5.74, 6) is 0.885. The maximum atomic E-state index is 13.8. The molecule has 1 saturated carbocycles. The van der Waals surface area contributed by atoms with Crippen LogP contribution in [0.25, 0.3) is 16.7 Å². The Labute approximate surface area is 203 Å². The van der Waals surface area contributed by atoms with Gasteiger partial charge >= 0.3 is 6.09 Å². The summed E-state index contributed by atoms with van der Waals surface area (Å²) >= 11 is 6.07. The van der Waals surface area contributed by atoms with Gasteiger partial charge in [0.25, 0.3) is 0 Å². The molecule has 0 unspecified atom stereocenters. The third-order valence-corrected chi connectivity index (χ3v) is 6.64. The molecule has 180 valence electrons. The van der Waals surface area contributed by atoms with E-state index >= 15 is 0 Å². The zero-order chi connectivity index (χ0) is 24.2. The third-order valence-electron chi connectivity index (χ3n) is 6.35. The number of hydrogen-bond donors (Lipinski definition) is 0. The van der Waals surface area contributed by atoms with Crippen LogP contribution in [0, 0.1) is 5.82 Å². The zero-order valence-corrected chi connectivity index (χ0v) is 20.6. The fraction of sp³-hybridized carbons (Fsp3) is 0.480. The van der Waals surface area contributed by atoms with Gasteiger partial charge < -0.3 is 19.1 Å². The van der Waals surface area contributed by atoms with E-state index in [2.05, 4.69) is 21.1 Å². The number of carbonyl (C=O) groups is 1. The van der Waals surface area contributed by atoms with Gasteiger partial charge in [0.15, 0.2) is 0 Å². The fourth-order valence-electron chi connectivity index (χ4n) is 4.59. The van der Waals surface area contributed by atoms with E-state index in [9.17, 15) is 9.18 Å². The summed E-state index contributed by atoms with van der Waals surface area (Å²) in [6.45, 7) is 9.50. The van der Waals surface area contributed by atoms with Crippen molar-refractivity contribution in [2.75, 3.05) is 24.5 Å². The second kappa shape index (κ2) is 8.41. The van der Waals surface area contributed by atoms with Crippen LogP contribution in [0.5, 0.6) is 0 Å². The van der Waals surface area contributed by atoms with Gasteiger partial charge in [-0.3, -0.25) is 0 Å². The third kappa shape index (κ3) is 4.31. The molecule has 1 amide bonds. The van der Waals surface area contributed by atoms with E-state index in [0.717, 1.165) is 35.4 Å². The molecule has 0 bridgehead atoms. The molecule has 2 aliphatic rings. The highest BCUT2D eigenvalue weighted by Gasteiger charge is 2.34. The van der Waals surface area contributed by atoms with Crippen molar-refractivity contribution in [2.45, 2.75) is 58.1 Å². The minimum atomic E-state index is -0.530. The fourth-order valence-corrected chi connectivity index (χ4v) is 4.76. The average molecular weight is 486 g/mol. The lowest BCUT2D eigenvalue weighted by molar-refractivity contribution is 0.0159. The molecule has 1 saturated heterocycles. The monoisotopic (exact) mass is 485 g/mol. The van der Waals surface area contributed by atoms with Gasteiger partial charge in [-0.15, -0.1) is 0 Å². The topological polar surface area (TPSA) is 63.5 Å². The van der Waals surface area contributed by atoms with Crippen LogP contribution in [0.1, 0.15) is 52.0 Å². The number of aromatic nitrogens is 3. The summed E-state index contributed by atoms with van der Waals surface area (Å²) in [6.07, 6.45) is 5.62. The standard InChI is InChI=1S/C25H29ClFN5O2/c1-15-12-30(9-10-31(15)24(33)34-25(2,3)4)22-21-18(16-5-6-16)13-32(23(21)29-14-28-22)17-7-8-20(27)19(26)11-17/h7-8,11,13-16H,5-6,9-10,12H2,1-4H3/t15-/m1/s1. The molecule has 1 aliphatic heterocycles. The van der Waals surface area contributed by atoms with Crippen LogP contribution in [0.15, 0.2) is 30.7 Å². The van der Waals surface area contributed by atoms with Gasteiger partial charge in [0.2, 0.25) is 0 Å². The van der Waals surface area contributed by atoms with Crippen LogP contribution in [0.2, 0.25) is 5.02 Å². The number of rotatable bonds is 3. The number of amides is 1. The molecule has 2 aromatic heterocycles. The van der Waals surface area contributed by atoms with E-state index in [1.807, 2.05) is 32.3 Å². The molecule has 0 N–H and O–H groups in total. The first-order valence-electron chi connectivity index (χ1n) is 11.7. The van der Waals surface area contributed by atoms with Crippen molar-refractivity contribution in [2.24, 2.45) is 0 Å². The normalized spacial score (nSPS) is 19.1. The smallest absolute Gasteiger partial charge is 0.410 e. The lowest BCUT2D eigenvalue weighted by atomic mass is 10.1. The van der Waals surface area contributed by atoms with Crippen LogP contribution in [-0.2, 0) is 4.74 Å². The molecule has 1 atom stereocenters. The Bertz CT molecular complexity index is 1250. The maximum Gasteiger partial charge on any atom is 0.410 e. The Morgan fingerprint density at radius 3 is 2.62 bits per heavy atom. The summed E-state index contributed by atoms with van der Waals surface area (Å²) in [7, 11) is 0. The number of benzene rings is 1. The molecule has 3 heterocycles. The lowest BCUT2D eigenvalue weighted by Crippen LogP contribution is -2.55.